The molecule has 2 amide bonds. The van der Waals surface area contributed by atoms with Gasteiger partial charge in [0.15, 0.2) is 6.61 Å². The molecule has 168 valence electrons. The van der Waals surface area contributed by atoms with Gasteiger partial charge < -0.3 is 19.7 Å². The SMILES string of the molecule is CCCNC(=O)[C@@H](C)N(Cc1ccc(OC)cc1)C(=O)COc1cc(C)cc(C)c1C. The molecule has 0 fully saturated rings. The second-order valence-corrected chi connectivity index (χ2v) is 7.83. The molecule has 0 radical (unpaired) electrons. The number of carbonyl (C=O) groups excluding carboxylic acids is 2. The van der Waals surface area contributed by atoms with Crippen LogP contribution in [0.1, 0.15) is 42.5 Å². The average molecular weight is 427 g/mol. The maximum Gasteiger partial charge on any atom is 0.261 e. The molecule has 6 heteroatoms. The summed E-state index contributed by atoms with van der Waals surface area (Å²) in [6.07, 6.45) is 0.833. The molecular weight excluding hydrogens is 392 g/mol. The molecular formula is C25H34N2O4. The minimum Gasteiger partial charge on any atom is -0.497 e. The predicted octanol–water partition coefficient (Wildman–Crippen LogP) is 3.94. The molecule has 0 heterocycles. The van der Waals surface area contributed by atoms with E-state index in [9.17, 15) is 9.59 Å². The number of ether oxygens (including phenoxy) is 2. The van der Waals surface area contributed by atoms with Crippen molar-refractivity contribution in [3.05, 3.63) is 58.7 Å². The number of hydrogen-bond acceptors (Lipinski definition) is 4. The topological polar surface area (TPSA) is 67.9 Å². The van der Waals surface area contributed by atoms with Crippen LogP contribution in [0.4, 0.5) is 0 Å². The Labute approximate surface area is 185 Å². The lowest BCUT2D eigenvalue weighted by atomic mass is 10.1. The van der Waals surface area contributed by atoms with Crippen molar-refractivity contribution >= 4 is 11.8 Å². The zero-order chi connectivity index (χ0) is 23.0. The average Bonchev–Trinajstić information content (AvgIpc) is 2.76. The molecule has 6 nitrogen and oxygen atoms in total. The first-order chi connectivity index (χ1) is 14.8. The Hall–Kier alpha value is -3.02. The first-order valence-corrected chi connectivity index (χ1v) is 10.7. The Morgan fingerprint density at radius 3 is 2.39 bits per heavy atom. The van der Waals surface area contributed by atoms with E-state index < -0.39 is 6.04 Å². The number of benzene rings is 2. The number of rotatable bonds is 10. The van der Waals surface area contributed by atoms with Crippen LogP contribution in [0.5, 0.6) is 11.5 Å². The number of amides is 2. The summed E-state index contributed by atoms with van der Waals surface area (Å²) in [6.45, 7) is 10.5. The monoisotopic (exact) mass is 426 g/mol. The summed E-state index contributed by atoms with van der Waals surface area (Å²) in [4.78, 5) is 27.3. The summed E-state index contributed by atoms with van der Waals surface area (Å²) in [5, 5.41) is 2.88. The minimum atomic E-state index is -0.620. The normalized spacial score (nSPS) is 11.5. The van der Waals surface area contributed by atoms with Crippen LogP contribution in [0, 0.1) is 20.8 Å². The van der Waals surface area contributed by atoms with Gasteiger partial charge >= 0.3 is 0 Å². The zero-order valence-corrected chi connectivity index (χ0v) is 19.5. The van der Waals surface area contributed by atoms with E-state index >= 15 is 0 Å². The summed E-state index contributed by atoms with van der Waals surface area (Å²) >= 11 is 0. The highest BCUT2D eigenvalue weighted by molar-refractivity contribution is 5.88. The Morgan fingerprint density at radius 2 is 1.77 bits per heavy atom. The molecule has 0 bridgehead atoms. The fourth-order valence-corrected chi connectivity index (χ4v) is 3.28. The van der Waals surface area contributed by atoms with Gasteiger partial charge in [-0.3, -0.25) is 9.59 Å². The van der Waals surface area contributed by atoms with Crippen molar-refractivity contribution in [2.75, 3.05) is 20.3 Å². The van der Waals surface area contributed by atoms with Crippen LogP contribution in [0.2, 0.25) is 0 Å². The van der Waals surface area contributed by atoms with Gasteiger partial charge in [-0.2, -0.15) is 0 Å². The molecule has 0 aromatic heterocycles. The molecule has 0 aliphatic rings. The standard InChI is InChI=1S/C25H34N2O4/c1-7-12-26-25(29)20(5)27(15-21-8-10-22(30-6)11-9-21)24(28)16-31-23-14-17(2)13-18(3)19(23)4/h8-11,13-14,20H,7,12,15-16H2,1-6H3,(H,26,29)/t20-/m1/s1. The predicted molar refractivity (Wildman–Crippen MR) is 122 cm³/mol. The van der Waals surface area contributed by atoms with Crippen LogP contribution in [-0.2, 0) is 16.1 Å². The molecule has 2 rings (SSSR count). The van der Waals surface area contributed by atoms with E-state index in [2.05, 4.69) is 11.4 Å². The van der Waals surface area contributed by atoms with Crippen molar-refractivity contribution in [3.63, 3.8) is 0 Å². The van der Waals surface area contributed by atoms with Crippen LogP contribution in [0.15, 0.2) is 36.4 Å². The summed E-state index contributed by atoms with van der Waals surface area (Å²) in [5.41, 5.74) is 4.11. The summed E-state index contributed by atoms with van der Waals surface area (Å²) < 4.78 is 11.1. The first kappa shape index (κ1) is 24.3. The molecule has 0 unspecified atom stereocenters. The second-order valence-electron chi connectivity index (χ2n) is 7.83. The Kier molecular flexibility index (Phi) is 8.91. The van der Waals surface area contributed by atoms with Crippen LogP contribution in [-0.4, -0.2) is 43.0 Å². The van der Waals surface area contributed by atoms with E-state index in [0.717, 1.165) is 34.4 Å². The molecule has 0 saturated heterocycles. The quantitative estimate of drug-likeness (QED) is 0.625. The van der Waals surface area contributed by atoms with Gasteiger partial charge in [0, 0.05) is 13.1 Å². The van der Waals surface area contributed by atoms with Gasteiger partial charge in [-0.1, -0.05) is 25.1 Å². The lowest BCUT2D eigenvalue weighted by Gasteiger charge is -2.29. The number of hydrogen-bond donors (Lipinski definition) is 1. The molecule has 31 heavy (non-hydrogen) atoms. The number of nitrogens with zero attached hydrogens (tertiary/aromatic N) is 1. The van der Waals surface area contributed by atoms with Crippen LogP contribution in [0.3, 0.4) is 0 Å². The van der Waals surface area contributed by atoms with Crippen molar-refractivity contribution < 1.29 is 19.1 Å². The first-order valence-electron chi connectivity index (χ1n) is 10.7. The van der Waals surface area contributed by atoms with Gasteiger partial charge in [0.25, 0.3) is 5.91 Å². The van der Waals surface area contributed by atoms with Crippen molar-refractivity contribution in [1.29, 1.82) is 0 Å². The van der Waals surface area contributed by atoms with Crippen molar-refractivity contribution in [2.45, 2.75) is 53.6 Å². The minimum absolute atomic E-state index is 0.134. The zero-order valence-electron chi connectivity index (χ0n) is 19.5. The molecule has 1 N–H and O–H groups in total. The van der Waals surface area contributed by atoms with E-state index in [1.54, 1.807) is 18.9 Å². The van der Waals surface area contributed by atoms with E-state index in [1.165, 1.54) is 0 Å². The fourth-order valence-electron chi connectivity index (χ4n) is 3.28. The number of nitrogens with one attached hydrogen (secondary N) is 1. The Bertz CT molecular complexity index is 893. The van der Waals surface area contributed by atoms with Crippen molar-refractivity contribution in [3.8, 4) is 11.5 Å². The molecule has 0 spiro atoms. The maximum absolute atomic E-state index is 13.1. The van der Waals surface area contributed by atoms with E-state index in [-0.39, 0.29) is 18.4 Å². The maximum atomic E-state index is 13.1. The number of aryl methyl sites for hydroxylation is 2. The van der Waals surface area contributed by atoms with Gasteiger partial charge in [0.05, 0.1) is 7.11 Å². The largest absolute Gasteiger partial charge is 0.497 e. The summed E-state index contributed by atoms with van der Waals surface area (Å²) in [5.74, 6) is 1.02. The summed E-state index contributed by atoms with van der Waals surface area (Å²) in [6, 6.07) is 10.9. The number of methoxy groups -OCH3 is 1. The van der Waals surface area contributed by atoms with Gasteiger partial charge in [-0.05, 0) is 74.6 Å². The third-order valence-electron chi connectivity index (χ3n) is 5.34. The molecule has 0 saturated carbocycles. The smallest absolute Gasteiger partial charge is 0.261 e. The highest BCUT2D eigenvalue weighted by atomic mass is 16.5. The third-order valence-corrected chi connectivity index (χ3v) is 5.34. The van der Waals surface area contributed by atoms with Crippen molar-refractivity contribution in [1.82, 2.24) is 10.2 Å². The Morgan fingerprint density at radius 1 is 1.10 bits per heavy atom. The van der Waals surface area contributed by atoms with Crippen LogP contribution < -0.4 is 14.8 Å². The molecule has 1 atom stereocenters. The molecule has 2 aromatic rings. The second kappa shape index (κ2) is 11.4. The molecule has 2 aromatic carbocycles. The highest BCUT2D eigenvalue weighted by Gasteiger charge is 2.26. The van der Waals surface area contributed by atoms with Gasteiger partial charge in [-0.15, -0.1) is 0 Å². The molecule has 0 aliphatic heterocycles. The van der Waals surface area contributed by atoms with Gasteiger partial charge in [-0.25, -0.2) is 0 Å². The summed E-state index contributed by atoms with van der Waals surface area (Å²) in [7, 11) is 1.61. The highest BCUT2D eigenvalue weighted by Crippen LogP contribution is 2.23. The van der Waals surface area contributed by atoms with Crippen LogP contribution >= 0.6 is 0 Å². The fraction of sp³-hybridized carbons (Fsp3) is 0.440. The lowest BCUT2D eigenvalue weighted by Crippen LogP contribution is -2.49. The lowest BCUT2D eigenvalue weighted by molar-refractivity contribution is -0.142. The molecule has 0 aliphatic carbocycles. The van der Waals surface area contributed by atoms with Gasteiger partial charge in [0.2, 0.25) is 5.91 Å². The third kappa shape index (κ3) is 6.74. The van der Waals surface area contributed by atoms with E-state index in [0.29, 0.717) is 18.8 Å². The van der Waals surface area contributed by atoms with Crippen molar-refractivity contribution in [2.24, 2.45) is 0 Å². The Balaban J connectivity index is 2.19. The van der Waals surface area contributed by atoms with Crippen LogP contribution in [0.25, 0.3) is 0 Å². The van der Waals surface area contributed by atoms with E-state index in [4.69, 9.17) is 9.47 Å². The van der Waals surface area contributed by atoms with Gasteiger partial charge in [0.1, 0.15) is 17.5 Å². The number of carbonyl (C=O) groups is 2. The van der Waals surface area contributed by atoms with E-state index in [1.807, 2.05) is 58.0 Å².